The average molecular weight is 326 g/mol. The topological polar surface area (TPSA) is 67.9 Å². The molecule has 3 rings (SSSR count). The Morgan fingerprint density at radius 3 is 2.58 bits per heavy atom. The molecule has 2 aromatic rings. The van der Waals surface area contributed by atoms with Crippen LogP contribution in [0.25, 0.3) is 0 Å². The molecule has 2 aromatic carbocycles. The lowest BCUT2D eigenvalue weighted by Gasteiger charge is -2.21. The Morgan fingerprint density at radius 1 is 1.08 bits per heavy atom. The molecule has 0 saturated carbocycles. The Bertz CT molecular complexity index is 746. The second kappa shape index (κ2) is 7.04. The van der Waals surface area contributed by atoms with E-state index in [2.05, 4.69) is 5.32 Å². The first-order valence-electron chi connectivity index (χ1n) is 7.66. The number of hydrogen-bond acceptors (Lipinski definition) is 4. The molecule has 6 heteroatoms. The highest BCUT2D eigenvalue weighted by Gasteiger charge is 2.18. The van der Waals surface area contributed by atoms with E-state index in [9.17, 15) is 9.59 Å². The van der Waals surface area contributed by atoms with Gasteiger partial charge in [-0.15, -0.1) is 0 Å². The van der Waals surface area contributed by atoms with Crippen molar-refractivity contribution in [1.82, 2.24) is 5.32 Å². The van der Waals surface area contributed by atoms with Crippen molar-refractivity contribution in [2.75, 3.05) is 24.8 Å². The highest BCUT2D eigenvalue weighted by atomic mass is 16.7. The molecule has 0 radical (unpaired) electrons. The van der Waals surface area contributed by atoms with Crippen molar-refractivity contribution in [2.45, 2.75) is 6.92 Å². The van der Waals surface area contributed by atoms with E-state index in [-0.39, 0.29) is 18.6 Å². The van der Waals surface area contributed by atoms with Gasteiger partial charge in [-0.25, -0.2) is 0 Å². The number of rotatable bonds is 5. The minimum Gasteiger partial charge on any atom is -0.454 e. The van der Waals surface area contributed by atoms with Gasteiger partial charge in [0.25, 0.3) is 5.91 Å². The Hall–Kier alpha value is -3.02. The number of anilines is 1. The van der Waals surface area contributed by atoms with Crippen LogP contribution in [0.5, 0.6) is 11.5 Å². The summed E-state index contributed by atoms with van der Waals surface area (Å²) >= 11 is 0. The van der Waals surface area contributed by atoms with Crippen molar-refractivity contribution >= 4 is 17.5 Å². The zero-order valence-electron chi connectivity index (χ0n) is 13.3. The summed E-state index contributed by atoms with van der Waals surface area (Å²) in [5.74, 6) is 1.01. The minimum absolute atomic E-state index is 0.108. The second-order valence-electron chi connectivity index (χ2n) is 5.33. The minimum atomic E-state index is -0.162. The lowest BCUT2D eigenvalue weighted by Crippen LogP contribution is -2.37. The van der Waals surface area contributed by atoms with E-state index < -0.39 is 0 Å². The number of nitrogens with one attached hydrogen (secondary N) is 1. The number of amides is 2. The molecule has 0 saturated heterocycles. The van der Waals surface area contributed by atoms with Crippen LogP contribution in [-0.4, -0.2) is 31.7 Å². The van der Waals surface area contributed by atoms with Crippen LogP contribution in [-0.2, 0) is 4.79 Å². The summed E-state index contributed by atoms with van der Waals surface area (Å²) in [6, 6.07) is 14.3. The molecule has 0 unspecified atom stereocenters. The Balaban J connectivity index is 1.63. The smallest absolute Gasteiger partial charge is 0.251 e. The summed E-state index contributed by atoms with van der Waals surface area (Å²) in [6.07, 6.45) is 0. The standard InChI is InChI=1S/C18H18N2O4/c1-13(21)20(15-7-8-16-17(11-15)24-12-23-16)10-9-19-18(22)14-5-3-2-4-6-14/h2-8,11H,9-10,12H2,1H3,(H,19,22). The van der Waals surface area contributed by atoms with Gasteiger partial charge in [-0.1, -0.05) is 18.2 Å². The number of ether oxygens (including phenoxy) is 2. The maximum Gasteiger partial charge on any atom is 0.251 e. The predicted molar refractivity (Wildman–Crippen MR) is 89.4 cm³/mol. The Labute approximate surface area is 140 Å². The first-order valence-corrected chi connectivity index (χ1v) is 7.66. The molecule has 1 aliphatic rings. The molecule has 1 aliphatic heterocycles. The largest absolute Gasteiger partial charge is 0.454 e. The molecule has 1 N–H and O–H groups in total. The van der Waals surface area contributed by atoms with Gasteiger partial charge >= 0.3 is 0 Å². The molecule has 0 atom stereocenters. The molecule has 124 valence electrons. The van der Waals surface area contributed by atoms with Crippen LogP contribution in [0, 0.1) is 0 Å². The highest BCUT2D eigenvalue weighted by molar-refractivity contribution is 5.94. The molecule has 1 heterocycles. The molecule has 0 aromatic heterocycles. The lowest BCUT2D eigenvalue weighted by atomic mass is 10.2. The van der Waals surface area contributed by atoms with Crippen LogP contribution >= 0.6 is 0 Å². The van der Waals surface area contributed by atoms with Crippen LogP contribution in [0.3, 0.4) is 0 Å². The van der Waals surface area contributed by atoms with E-state index in [1.807, 2.05) is 18.2 Å². The van der Waals surface area contributed by atoms with Crippen LogP contribution < -0.4 is 19.7 Å². The van der Waals surface area contributed by atoms with Gasteiger partial charge in [-0.3, -0.25) is 9.59 Å². The fraction of sp³-hybridized carbons (Fsp3) is 0.222. The first-order chi connectivity index (χ1) is 11.6. The molecule has 0 spiro atoms. The number of hydrogen-bond donors (Lipinski definition) is 1. The summed E-state index contributed by atoms with van der Waals surface area (Å²) in [5.41, 5.74) is 1.30. The van der Waals surface area contributed by atoms with Crippen LogP contribution in [0.4, 0.5) is 5.69 Å². The summed E-state index contributed by atoms with van der Waals surface area (Å²) in [6.45, 7) is 2.39. The molecule has 0 fully saturated rings. The third kappa shape index (κ3) is 3.48. The number of carbonyl (C=O) groups is 2. The Morgan fingerprint density at radius 2 is 1.83 bits per heavy atom. The zero-order valence-corrected chi connectivity index (χ0v) is 13.3. The molecule has 0 bridgehead atoms. The quantitative estimate of drug-likeness (QED) is 0.914. The summed E-state index contributed by atoms with van der Waals surface area (Å²) in [7, 11) is 0. The molecule has 0 aliphatic carbocycles. The Kier molecular flexibility index (Phi) is 4.65. The van der Waals surface area contributed by atoms with Crippen molar-refractivity contribution in [3.63, 3.8) is 0 Å². The molecular weight excluding hydrogens is 308 g/mol. The van der Waals surface area contributed by atoms with Gasteiger partial charge in [0.15, 0.2) is 11.5 Å². The van der Waals surface area contributed by atoms with E-state index >= 15 is 0 Å². The number of fused-ring (bicyclic) bond motifs is 1. The van der Waals surface area contributed by atoms with Gasteiger partial charge in [-0.2, -0.15) is 0 Å². The fourth-order valence-corrected chi connectivity index (χ4v) is 2.49. The van der Waals surface area contributed by atoms with Crippen molar-refractivity contribution in [3.8, 4) is 11.5 Å². The van der Waals surface area contributed by atoms with Gasteiger partial charge in [0.2, 0.25) is 12.7 Å². The van der Waals surface area contributed by atoms with Crippen molar-refractivity contribution in [3.05, 3.63) is 54.1 Å². The van der Waals surface area contributed by atoms with E-state index in [0.717, 1.165) is 0 Å². The predicted octanol–water partition coefficient (Wildman–Crippen LogP) is 2.20. The fourth-order valence-electron chi connectivity index (χ4n) is 2.49. The SMILES string of the molecule is CC(=O)N(CCNC(=O)c1ccccc1)c1ccc2c(c1)OCO2. The highest BCUT2D eigenvalue weighted by Crippen LogP contribution is 2.35. The zero-order chi connectivity index (χ0) is 16.9. The van der Waals surface area contributed by atoms with Crippen LogP contribution in [0.15, 0.2) is 48.5 Å². The van der Waals surface area contributed by atoms with Crippen molar-refractivity contribution in [2.24, 2.45) is 0 Å². The summed E-state index contributed by atoms with van der Waals surface area (Å²) < 4.78 is 10.6. The van der Waals surface area contributed by atoms with Crippen LogP contribution in [0.2, 0.25) is 0 Å². The van der Waals surface area contributed by atoms with Gasteiger partial charge in [-0.05, 0) is 24.3 Å². The number of benzene rings is 2. The maximum absolute atomic E-state index is 12.0. The van der Waals surface area contributed by atoms with Gasteiger partial charge in [0, 0.05) is 37.3 Å². The number of nitrogens with zero attached hydrogens (tertiary/aromatic N) is 1. The van der Waals surface area contributed by atoms with E-state index in [1.165, 1.54) is 6.92 Å². The van der Waals surface area contributed by atoms with Crippen molar-refractivity contribution < 1.29 is 19.1 Å². The summed E-state index contributed by atoms with van der Waals surface area (Å²) in [5, 5.41) is 2.82. The maximum atomic E-state index is 12.0. The van der Waals surface area contributed by atoms with Gasteiger partial charge in [0.1, 0.15) is 0 Å². The third-order valence-electron chi connectivity index (χ3n) is 3.70. The van der Waals surface area contributed by atoms with Crippen LogP contribution in [0.1, 0.15) is 17.3 Å². The molecular formula is C18H18N2O4. The third-order valence-corrected chi connectivity index (χ3v) is 3.70. The van der Waals surface area contributed by atoms with E-state index in [0.29, 0.717) is 35.8 Å². The van der Waals surface area contributed by atoms with Crippen molar-refractivity contribution in [1.29, 1.82) is 0 Å². The molecule has 2 amide bonds. The van der Waals surface area contributed by atoms with E-state index in [1.54, 1.807) is 35.2 Å². The number of carbonyl (C=O) groups excluding carboxylic acids is 2. The summed E-state index contributed by atoms with van der Waals surface area (Å²) in [4.78, 5) is 25.6. The first kappa shape index (κ1) is 15.9. The average Bonchev–Trinajstić information content (AvgIpc) is 3.06. The van der Waals surface area contributed by atoms with Gasteiger partial charge in [0.05, 0.1) is 0 Å². The van der Waals surface area contributed by atoms with Gasteiger partial charge < -0.3 is 19.7 Å². The second-order valence-corrected chi connectivity index (χ2v) is 5.33. The normalized spacial score (nSPS) is 11.9. The molecule has 6 nitrogen and oxygen atoms in total. The monoisotopic (exact) mass is 326 g/mol. The lowest BCUT2D eigenvalue weighted by molar-refractivity contribution is -0.116. The van der Waals surface area contributed by atoms with E-state index in [4.69, 9.17) is 9.47 Å². The molecule has 24 heavy (non-hydrogen) atoms.